The number of fused-ring (bicyclic) bond motifs is 8. The summed E-state index contributed by atoms with van der Waals surface area (Å²) in [4.78, 5) is 24.0. The highest BCUT2D eigenvalue weighted by Crippen LogP contribution is 2.62. The number of hydrogen-bond acceptors (Lipinski definition) is 4. The van der Waals surface area contributed by atoms with Crippen molar-refractivity contribution in [3.8, 4) is 22.5 Å². The zero-order chi connectivity index (χ0) is 33.0. The Morgan fingerprint density at radius 2 is 1.19 bits per heavy atom. The van der Waals surface area contributed by atoms with E-state index in [1.165, 1.54) is 27.8 Å². The number of aromatic nitrogens is 2. The van der Waals surface area contributed by atoms with Crippen molar-refractivity contribution in [1.29, 1.82) is 0 Å². The van der Waals surface area contributed by atoms with Gasteiger partial charge in [0.2, 0.25) is 0 Å². The zero-order valence-corrected chi connectivity index (χ0v) is 30.3. The Balaban J connectivity index is 1.45. The topological polar surface area (TPSA) is 52.1 Å². The maximum absolute atomic E-state index is 13.3. The van der Waals surface area contributed by atoms with Crippen LogP contribution in [0.5, 0.6) is 0 Å². The van der Waals surface area contributed by atoms with E-state index in [-0.39, 0.29) is 11.4 Å². The fourth-order valence-corrected chi connectivity index (χ4v) is 9.26. The van der Waals surface area contributed by atoms with Gasteiger partial charge in [-0.1, -0.05) is 100 Å². The van der Waals surface area contributed by atoms with E-state index in [0.29, 0.717) is 19.4 Å². The molecule has 0 saturated carbocycles. The number of ether oxygens (including phenoxy) is 1. The second-order valence-electron chi connectivity index (χ2n) is 13.3. The van der Waals surface area contributed by atoms with Crippen LogP contribution in [0.1, 0.15) is 74.6 Å². The van der Waals surface area contributed by atoms with Crippen LogP contribution in [-0.2, 0) is 20.4 Å². The third kappa shape index (κ3) is 4.94. The maximum atomic E-state index is 13.3. The first-order chi connectivity index (χ1) is 23.4. The average molecular weight is 761 g/mol. The van der Waals surface area contributed by atoms with E-state index in [4.69, 9.17) is 14.7 Å². The zero-order valence-electron chi connectivity index (χ0n) is 27.2. The van der Waals surface area contributed by atoms with Crippen LogP contribution >= 0.6 is 31.9 Å². The molecular formula is C42H36Br2N2O2. The van der Waals surface area contributed by atoms with Gasteiger partial charge in [-0.05, 0) is 97.0 Å². The fourth-order valence-electron chi connectivity index (χ4n) is 8.54. The van der Waals surface area contributed by atoms with Crippen molar-refractivity contribution in [1.82, 2.24) is 9.97 Å². The summed E-state index contributed by atoms with van der Waals surface area (Å²) < 4.78 is 7.65. The van der Waals surface area contributed by atoms with E-state index in [0.717, 1.165) is 73.4 Å². The molecule has 0 amide bonds. The molecule has 6 aromatic rings. The number of carbonyl (C=O) groups excluding carboxylic acids is 1. The summed E-state index contributed by atoms with van der Waals surface area (Å²) >= 11 is 7.70. The van der Waals surface area contributed by atoms with Crippen molar-refractivity contribution in [2.45, 2.75) is 63.2 Å². The molecule has 0 bridgehead atoms. The van der Waals surface area contributed by atoms with Crippen LogP contribution in [0.3, 0.4) is 0 Å². The molecule has 0 aliphatic heterocycles. The van der Waals surface area contributed by atoms with Crippen LogP contribution in [0.15, 0.2) is 106 Å². The van der Waals surface area contributed by atoms with Gasteiger partial charge in [0.15, 0.2) is 0 Å². The largest absolute Gasteiger partial charge is 0.466 e. The maximum Gasteiger partial charge on any atom is 0.305 e. The lowest BCUT2D eigenvalue weighted by Crippen LogP contribution is -2.38. The summed E-state index contributed by atoms with van der Waals surface area (Å²) in [6, 6.07) is 34.9. The molecule has 2 atom stereocenters. The van der Waals surface area contributed by atoms with Crippen LogP contribution < -0.4 is 0 Å². The van der Waals surface area contributed by atoms with Crippen LogP contribution in [0.25, 0.3) is 44.3 Å². The standard InChI is InChI=1S/C42H36Br2N2O2/c1-3-5-19-41(32-23-28(43)14-16-30(32)39-34(41)21-26-10-6-8-12-36(26)45-39)25-42(20-18-38(47)48-4-2)33-24-29(44)15-17-31(33)40-35(42)22-27-11-7-9-13-37(27)46-40/h6-17,21-24H,3-5,18-20,25H2,1-2H3/t41-,42+/m1/s1. The van der Waals surface area contributed by atoms with Crippen molar-refractivity contribution >= 4 is 59.6 Å². The normalized spacial score (nSPS) is 18.8. The molecule has 0 fully saturated rings. The first-order valence-electron chi connectivity index (χ1n) is 16.9. The van der Waals surface area contributed by atoms with Crippen molar-refractivity contribution in [2.24, 2.45) is 0 Å². The van der Waals surface area contributed by atoms with Gasteiger partial charge in [0.25, 0.3) is 0 Å². The Hall–Kier alpha value is -3.87. The highest BCUT2D eigenvalue weighted by Gasteiger charge is 2.54. The lowest BCUT2D eigenvalue weighted by atomic mass is 9.59. The van der Waals surface area contributed by atoms with Crippen LogP contribution in [0, 0.1) is 0 Å². The van der Waals surface area contributed by atoms with Gasteiger partial charge in [-0.25, -0.2) is 9.97 Å². The lowest BCUT2D eigenvalue weighted by molar-refractivity contribution is -0.143. The molecule has 4 nitrogen and oxygen atoms in total. The number of halogens is 2. The van der Waals surface area contributed by atoms with E-state index in [1.807, 2.05) is 6.92 Å². The molecule has 2 aliphatic rings. The highest BCUT2D eigenvalue weighted by molar-refractivity contribution is 9.10. The third-order valence-corrected chi connectivity index (χ3v) is 11.6. The number of nitrogens with zero attached hydrogens (tertiary/aromatic N) is 2. The highest BCUT2D eigenvalue weighted by atomic mass is 79.9. The summed E-state index contributed by atoms with van der Waals surface area (Å²) in [5, 5.41) is 2.25. The smallest absolute Gasteiger partial charge is 0.305 e. The Kier molecular flexibility index (Phi) is 8.00. The van der Waals surface area contributed by atoms with E-state index in [1.54, 1.807) is 0 Å². The molecule has 48 heavy (non-hydrogen) atoms. The second kappa shape index (κ2) is 12.2. The van der Waals surface area contributed by atoms with Gasteiger partial charge in [-0.15, -0.1) is 0 Å². The van der Waals surface area contributed by atoms with Crippen molar-refractivity contribution < 1.29 is 9.53 Å². The lowest BCUT2D eigenvalue weighted by Gasteiger charge is -2.43. The molecule has 0 N–H and O–H groups in total. The quantitative estimate of drug-likeness (QED) is 0.138. The predicted octanol–water partition coefficient (Wildman–Crippen LogP) is 11.5. The molecule has 2 aromatic heterocycles. The number of rotatable bonds is 9. The van der Waals surface area contributed by atoms with Gasteiger partial charge in [-0.2, -0.15) is 0 Å². The predicted molar refractivity (Wildman–Crippen MR) is 201 cm³/mol. The third-order valence-electron chi connectivity index (χ3n) is 10.6. The fraction of sp³-hybridized carbons (Fsp3) is 0.262. The average Bonchev–Trinajstić information content (AvgIpc) is 3.49. The number of benzene rings is 4. The molecule has 4 aromatic carbocycles. The van der Waals surface area contributed by atoms with Crippen molar-refractivity contribution in [2.75, 3.05) is 6.61 Å². The summed E-state index contributed by atoms with van der Waals surface area (Å²) in [6.07, 6.45) is 4.77. The Labute approximate surface area is 298 Å². The number of para-hydroxylation sites is 2. The molecule has 2 heterocycles. The number of unbranched alkanes of at least 4 members (excludes halogenated alkanes) is 1. The van der Waals surface area contributed by atoms with Gasteiger partial charge in [0.05, 0.1) is 29.0 Å². The summed E-state index contributed by atoms with van der Waals surface area (Å²) in [5.74, 6) is -0.166. The Morgan fingerprint density at radius 1 is 0.667 bits per heavy atom. The molecule has 0 unspecified atom stereocenters. The minimum absolute atomic E-state index is 0.166. The monoisotopic (exact) mass is 758 g/mol. The summed E-state index contributed by atoms with van der Waals surface area (Å²) in [7, 11) is 0. The molecule has 2 aliphatic carbocycles. The second-order valence-corrected chi connectivity index (χ2v) is 15.1. The number of carbonyl (C=O) groups is 1. The number of hydrogen-bond donors (Lipinski definition) is 0. The first-order valence-corrected chi connectivity index (χ1v) is 18.5. The summed E-state index contributed by atoms with van der Waals surface area (Å²) in [5.41, 5.74) is 10.5. The van der Waals surface area contributed by atoms with Crippen LogP contribution in [0.2, 0.25) is 0 Å². The number of pyridine rings is 2. The van der Waals surface area contributed by atoms with E-state index in [2.05, 4.69) is 136 Å². The molecule has 0 spiro atoms. The van der Waals surface area contributed by atoms with Gasteiger partial charge in [0.1, 0.15) is 0 Å². The number of esters is 1. The Morgan fingerprint density at radius 3 is 1.71 bits per heavy atom. The van der Waals surface area contributed by atoms with Crippen LogP contribution in [0.4, 0.5) is 0 Å². The SMILES string of the molecule is CCCC[C@@]1(C[C@@]2(CCC(=O)OCC)c3cc(Br)ccc3-c3nc4ccccc4cc32)c2cc(Br)ccc2-c2nc3ccccc3cc21. The van der Waals surface area contributed by atoms with Crippen molar-refractivity contribution in [3.63, 3.8) is 0 Å². The molecule has 0 radical (unpaired) electrons. The van der Waals surface area contributed by atoms with E-state index >= 15 is 0 Å². The summed E-state index contributed by atoms with van der Waals surface area (Å²) in [6.45, 7) is 4.51. The molecule has 6 heteroatoms. The van der Waals surface area contributed by atoms with E-state index in [9.17, 15) is 4.79 Å². The van der Waals surface area contributed by atoms with Gasteiger partial charge >= 0.3 is 5.97 Å². The molecular weight excluding hydrogens is 724 g/mol. The Bertz CT molecular complexity index is 2250. The van der Waals surface area contributed by atoms with Crippen molar-refractivity contribution in [3.05, 3.63) is 128 Å². The first kappa shape index (κ1) is 31.4. The molecule has 240 valence electrons. The minimum atomic E-state index is -0.529. The van der Waals surface area contributed by atoms with Gasteiger partial charge in [-0.3, -0.25) is 4.79 Å². The van der Waals surface area contributed by atoms with E-state index < -0.39 is 5.41 Å². The van der Waals surface area contributed by atoms with Gasteiger partial charge in [0, 0.05) is 48.1 Å². The van der Waals surface area contributed by atoms with Gasteiger partial charge < -0.3 is 4.74 Å². The van der Waals surface area contributed by atoms with Crippen LogP contribution in [-0.4, -0.2) is 22.5 Å². The minimum Gasteiger partial charge on any atom is -0.466 e. The molecule has 0 saturated heterocycles. The molecule has 8 rings (SSSR count).